The molecule has 2 fully saturated rings. The van der Waals surface area contributed by atoms with Crippen LogP contribution in [-0.4, -0.2) is 35.5 Å². The molecule has 2 amide bonds. The highest BCUT2D eigenvalue weighted by Crippen LogP contribution is 2.20. The summed E-state index contributed by atoms with van der Waals surface area (Å²) < 4.78 is 0. The van der Waals surface area contributed by atoms with Gasteiger partial charge in [0.15, 0.2) is 0 Å². The molecule has 1 saturated carbocycles. The van der Waals surface area contributed by atoms with Gasteiger partial charge in [-0.1, -0.05) is 18.2 Å². The van der Waals surface area contributed by atoms with E-state index in [0.717, 1.165) is 32.2 Å². The first-order valence-electron chi connectivity index (χ1n) is 7.67. The molecule has 1 aromatic rings. The lowest BCUT2D eigenvalue weighted by Crippen LogP contribution is -2.53. The lowest BCUT2D eigenvalue weighted by atomic mass is 9.93. The predicted molar refractivity (Wildman–Crippen MR) is 79.4 cm³/mol. The number of hydrazine groups is 1. The third-order valence-corrected chi connectivity index (χ3v) is 4.29. The topological polar surface area (TPSA) is 61.4 Å². The second kappa shape index (κ2) is 6.26. The maximum absolute atomic E-state index is 12.3. The van der Waals surface area contributed by atoms with Gasteiger partial charge in [-0.2, -0.15) is 0 Å². The molecule has 1 saturated heterocycles. The van der Waals surface area contributed by atoms with Crippen LogP contribution >= 0.6 is 0 Å². The maximum Gasteiger partial charge on any atom is 0.265 e. The Bertz CT molecular complexity index is 514. The molecule has 1 aromatic carbocycles. The second-order valence-corrected chi connectivity index (χ2v) is 5.79. The quantitative estimate of drug-likeness (QED) is 0.881. The molecule has 1 aliphatic heterocycles. The van der Waals surface area contributed by atoms with Crippen LogP contribution in [0.1, 0.15) is 42.5 Å². The normalized spacial score (nSPS) is 22.6. The molecule has 0 radical (unpaired) electrons. The Morgan fingerprint density at radius 3 is 2.48 bits per heavy atom. The van der Waals surface area contributed by atoms with Crippen LogP contribution in [0.25, 0.3) is 0 Å². The third-order valence-electron chi connectivity index (χ3n) is 4.29. The summed E-state index contributed by atoms with van der Waals surface area (Å²) >= 11 is 0. The number of nitrogens with one attached hydrogen (secondary N) is 2. The Labute approximate surface area is 124 Å². The lowest BCUT2D eigenvalue weighted by Gasteiger charge is -2.30. The van der Waals surface area contributed by atoms with Crippen molar-refractivity contribution in [3.63, 3.8) is 0 Å². The molecular weight excluding hydrogens is 266 g/mol. The zero-order valence-electron chi connectivity index (χ0n) is 12.0. The molecule has 0 spiro atoms. The minimum atomic E-state index is -0.238. The highest BCUT2D eigenvalue weighted by Gasteiger charge is 2.33. The smallest absolute Gasteiger partial charge is 0.265 e. The number of rotatable bonds is 4. The molecule has 1 heterocycles. The molecule has 5 nitrogen and oxygen atoms in total. The number of nitrogens with zero attached hydrogens (tertiary/aromatic N) is 1. The van der Waals surface area contributed by atoms with Gasteiger partial charge in [0.05, 0.1) is 0 Å². The fourth-order valence-corrected chi connectivity index (χ4v) is 2.81. The van der Waals surface area contributed by atoms with Crippen LogP contribution in [0.5, 0.6) is 0 Å². The first-order chi connectivity index (χ1) is 10.2. The predicted octanol–water partition coefficient (Wildman–Crippen LogP) is 1.46. The van der Waals surface area contributed by atoms with Crippen LogP contribution in [0.2, 0.25) is 0 Å². The molecule has 0 aromatic heterocycles. The molecule has 112 valence electrons. The van der Waals surface area contributed by atoms with Crippen molar-refractivity contribution in [2.45, 2.75) is 44.2 Å². The number of carbonyl (C=O) groups is 2. The van der Waals surface area contributed by atoms with E-state index >= 15 is 0 Å². The standard InChI is InChI=1S/C16H21N3O2/c20-15(12-6-2-1-3-7-12)18-19-11-5-10-14(19)16(21)17-13-8-4-9-13/h1-3,6-7,13-14H,4-5,8-11H2,(H,17,21)(H,18,20). The van der Waals surface area contributed by atoms with Crippen molar-refractivity contribution in [3.05, 3.63) is 35.9 Å². The van der Waals surface area contributed by atoms with Crippen LogP contribution in [0.15, 0.2) is 30.3 Å². The molecular formula is C16H21N3O2. The van der Waals surface area contributed by atoms with Crippen LogP contribution in [0.3, 0.4) is 0 Å². The minimum Gasteiger partial charge on any atom is -0.352 e. The van der Waals surface area contributed by atoms with Gasteiger partial charge in [-0.25, -0.2) is 5.01 Å². The van der Waals surface area contributed by atoms with Gasteiger partial charge in [0, 0.05) is 18.2 Å². The monoisotopic (exact) mass is 287 g/mol. The van der Waals surface area contributed by atoms with Crippen LogP contribution in [0, 0.1) is 0 Å². The highest BCUT2D eigenvalue weighted by atomic mass is 16.2. The van der Waals surface area contributed by atoms with Gasteiger partial charge >= 0.3 is 0 Å². The van der Waals surface area contributed by atoms with E-state index in [0.29, 0.717) is 11.6 Å². The molecule has 0 bridgehead atoms. The molecule has 3 rings (SSSR count). The molecule has 1 atom stereocenters. The van der Waals surface area contributed by atoms with Gasteiger partial charge in [0.2, 0.25) is 5.91 Å². The van der Waals surface area contributed by atoms with Gasteiger partial charge in [-0.15, -0.1) is 0 Å². The number of hydrogen-bond acceptors (Lipinski definition) is 3. The second-order valence-electron chi connectivity index (χ2n) is 5.79. The Hall–Kier alpha value is -1.88. The SMILES string of the molecule is O=C(NN1CCCC1C(=O)NC1CCC1)c1ccccc1. The fourth-order valence-electron chi connectivity index (χ4n) is 2.81. The summed E-state index contributed by atoms with van der Waals surface area (Å²) in [6.45, 7) is 0.724. The summed E-state index contributed by atoms with van der Waals surface area (Å²) in [5.41, 5.74) is 3.48. The first-order valence-corrected chi connectivity index (χ1v) is 7.67. The average Bonchev–Trinajstić information content (AvgIpc) is 2.92. The van der Waals surface area contributed by atoms with E-state index in [1.165, 1.54) is 6.42 Å². The number of benzene rings is 1. The van der Waals surface area contributed by atoms with Gasteiger partial charge in [-0.05, 0) is 44.2 Å². The number of carbonyl (C=O) groups excluding carboxylic acids is 2. The van der Waals surface area contributed by atoms with Crippen molar-refractivity contribution in [3.8, 4) is 0 Å². The largest absolute Gasteiger partial charge is 0.352 e. The molecule has 2 aliphatic rings. The summed E-state index contributed by atoms with van der Waals surface area (Å²) in [5, 5.41) is 4.85. The summed E-state index contributed by atoms with van der Waals surface area (Å²) in [7, 11) is 0. The zero-order valence-corrected chi connectivity index (χ0v) is 12.0. The molecule has 21 heavy (non-hydrogen) atoms. The van der Waals surface area contributed by atoms with E-state index in [1.54, 1.807) is 17.1 Å². The Balaban J connectivity index is 1.58. The van der Waals surface area contributed by atoms with E-state index in [-0.39, 0.29) is 17.9 Å². The Morgan fingerprint density at radius 1 is 1.05 bits per heavy atom. The number of amides is 2. The molecule has 5 heteroatoms. The van der Waals surface area contributed by atoms with E-state index in [2.05, 4.69) is 10.7 Å². The lowest BCUT2D eigenvalue weighted by molar-refractivity contribution is -0.127. The Kier molecular flexibility index (Phi) is 4.20. The summed E-state index contributed by atoms with van der Waals surface area (Å²) in [6, 6.07) is 9.19. The fraction of sp³-hybridized carbons (Fsp3) is 0.500. The molecule has 1 aliphatic carbocycles. The van der Waals surface area contributed by atoms with Gasteiger partial charge < -0.3 is 5.32 Å². The van der Waals surface area contributed by atoms with E-state index in [1.807, 2.05) is 18.2 Å². The van der Waals surface area contributed by atoms with Crippen molar-refractivity contribution in [2.24, 2.45) is 0 Å². The van der Waals surface area contributed by atoms with Crippen molar-refractivity contribution in [1.29, 1.82) is 0 Å². The van der Waals surface area contributed by atoms with Crippen molar-refractivity contribution < 1.29 is 9.59 Å². The van der Waals surface area contributed by atoms with Gasteiger partial charge in [0.1, 0.15) is 6.04 Å². The van der Waals surface area contributed by atoms with Crippen molar-refractivity contribution in [1.82, 2.24) is 15.8 Å². The molecule has 2 N–H and O–H groups in total. The zero-order chi connectivity index (χ0) is 14.7. The van der Waals surface area contributed by atoms with Crippen LogP contribution < -0.4 is 10.7 Å². The van der Waals surface area contributed by atoms with Gasteiger partial charge in [0.25, 0.3) is 5.91 Å². The third kappa shape index (κ3) is 3.24. The average molecular weight is 287 g/mol. The van der Waals surface area contributed by atoms with E-state index in [4.69, 9.17) is 0 Å². The van der Waals surface area contributed by atoms with Crippen LogP contribution in [-0.2, 0) is 4.79 Å². The van der Waals surface area contributed by atoms with Crippen LogP contribution in [0.4, 0.5) is 0 Å². The van der Waals surface area contributed by atoms with Gasteiger partial charge in [-0.3, -0.25) is 15.0 Å². The highest BCUT2D eigenvalue weighted by molar-refractivity contribution is 5.94. The number of hydrogen-bond donors (Lipinski definition) is 2. The summed E-state index contributed by atoms with van der Waals surface area (Å²) in [6.07, 6.45) is 5.08. The minimum absolute atomic E-state index is 0.0468. The maximum atomic E-state index is 12.3. The van der Waals surface area contributed by atoms with E-state index in [9.17, 15) is 9.59 Å². The van der Waals surface area contributed by atoms with Crippen molar-refractivity contribution >= 4 is 11.8 Å². The summed E-state index contributed by atoms with van der Waals surface area (Å²) in [5.74, 6) is -0.107. The van der Waals surface area contributed by atoms with Crippen molar-refractivity contribution in [2.75, 3.05) is 6.54 Å². The first kappa shape index (κ1) is 14.1. The summed E-state index contributed by atoms with van der Waals surface area (Å²) in [4.78, 5) is 24.4. The molecule has 1 unspecified atom stereocenters. The van der Waals surface area contributed by atoms with E-state index < -0.39 is 0 Å². The Morgan fingerprint density at radius 2 is 1.81 bits per heavy atom.